The average Bonchev–Trinajstić information content (AvgIpc) is 2.37. The first-order valence-corrected chi connectivity index (χ1v) is 7.96. The van der Waals surface area contributed by atoms with Crippen LogP contribution in [0, 0.1) is 0 Å². The van der Waals surface area contributed by atoms with E-state index in [1.54, 1.807) is 0 Å². The number of rotatable bonds is 7. The van der Waals surface area contributed by atoms with Gasteiger partial charge in [0.1, 0.15) is 0 Å². The van der Waals surface area contributed by atoms with Gasteiger partial charge in [0.2, 0.25) is 0 Å². The van der Waals surface area contributed by atoms with E-state index in [4.69, 9.17) is 4.74 Å². The summed E-state index contributed by atoms with van der Waals surface area (Å²) < 4.78 is 8.49. The van der Waals surface area contributed by atoms with E-state index in [-0.39, 0.29) is 22.3 Å². The summed E-state index contributed by atoms with van der Waals surface area (Å²) >= 11 is -0.518. The van der Waals surface area contributed by atoms with Crippen molar-refractivity contribution in [2.45, 2.75) is 20.3 Å². The minimum atomic E-state index is -0.518. The van der Waals surface area contributed by atoms with Gasteiger partial charge in [-0.3, -0.25) is 0 Å². The average molecular weight is 348 g/mol. The van der Waals surface area contributed by atoms with Gasteiger partial charge in [0.05, 0.1) is 0 Å². The summed E-state index contributed by atoms with van der Waals surface area (Å²) in [5.41, 5.74) is 0. The molecule has 6 N–H and O–H groups in total. The zero-order valence-electron chi connectivity index (χ0n) is 12.0. The molecule has 0 saturated heterocycles. The van der Waals surface area contributed by atoms with Crippen molar-refractivity contribution >= 4 is 26.0 Å². The number of carbonyl (C=O) groups is 1. The predicted molar refractivity (Wildman–Crippen MR) is 81.2 cm³/mol. The van der Waals surface area contributed by atoms with Gasteiger partial charge in [0.25, 0.3) is 0 Å². The fraction of sp³-hybridized carbons (Fsp3) is 0.462. The Bertz CT molecular complexity index is 337. The Kier molecular flexibility index (Phi) is 17.5. The van der Waals surface area contributed by atoms with Gasteiger partial charge in [0, 0.05) is 0 Å². The monoisotopic (exact) mass is 349 g/mol. The molecule has 116 valence electrons. The molecule has 2 radical (unpaired) electrons. The molecule has 20 heavy (non-hydrogen) atoms. The molecular weight excluding hydrogens is 323 g/mol. The van der Waals surface area contributed by atoms with E-state index >= 15 is 0 Å². The number of benzene rings is 1. The van der Waals surface area contributed by atoms with Crippen LogP contribution >= 0.6 is 0 Å². The molecule has 0 aliphatic rings. The first kappa shape index (κ1) is 24.1. The van der Waals surface area contributed by atoms with E-state index in [1.165, 1.54) is 4.40 Å². The Hall–Kier alpha value is -0.927. The largest absolute Gasteiger partial charge is 0.412 e. The van der Waals surface area contributed by atoms with E-state index < -0.39 is 15.7 Å². The van der Waals surface area contributed by atoms with Crippen molar-refractivity contribution in [3.05, 3.63) is 30.3 Å². The van der Waals surface area contributed by atoms with E-state index in [1.807, 2.05) is 35.9 Å². The quantitative estimate of drug-likeness (QED) is 0.450. The Labute approximate surface area is 126 Å². The van der Waals surface area contributed by atoms with E-state index in [9.17, 15) is 4.79 Å². The van der Waals surface area contributed by atoms with Crippen molar-refractivity contribution in [2.75, 3.05) is 19.8 Å². The second kappa shape index (κ2) is 14.5. The summed E-state index contributed by atoms with van der Waals surface area (Å²) in [6, 6.07) is 10.2. The Balaban J connectivity index is -0.000000963. The molecule has 1 aromatic carbocycles. The smallest absolute Gasteiger partial charge is 0.412 e. The molecule has 0 atom stereocenters. The van der Waals surface area contributed by atoms with E-state index in [0.717, 1.165) is 6.54 Å². The first-order valence-electron chi connectivity index (χ1n) is 5.97. The van der Waals surface area contributed by atoms with Gasteiger partial charge in [0.15, 0.2) is 0 Å². The van der Waals surface area contributed by atoms with Crippen molar-refractivity contribution in [3.8, 4) is 0 Å². The Morgan fingerprint density at radius 3 is 2.25 bits per heavy atom. The molecular formula is C13H25GeNO5. The van der Waals surface area contributed by atoms with Crippen LogP contribution in [0.3, 0.4) is 0 Å². The van der Waals surface area contributed by atoms with Crippen LogP contribution in [0.25, 0.3) is 0 Å². The first-order chi connectivity index (χ1) is 8.27. The molecule has 0 fully saturated rings. The molecule has 1 rings (SSSR count). The number of nitrogens with zero attached hydrogens (tertiary/aromatic N) is 1. The van der Waals surface area contributed by atoms with Gasteiger partial charge >= 0.3 is 110 Å². The maximum absolute atomic E-state index is 11.9. The van der Waals surface area contributed by atoms with Gasteiger partial charge in [-0.15, -0.1) is 0 Å². The van der Waals surface area contributed by atoms with Crippen LogP contribution in [-0.2, 0) is 9.53 Å². The molecule has 7 heteroatoms. The zero-order chi connectivity index (χ0) is 12.5. The van der Waals surface area contributed by atoms with Crippen LogP contribution < -0.4 is 4.40 Å². The van der Waals surface area contributed by atoms with E-state index in [0.29, 0.717) is 19.6 Å². The topological polar surface area (TPSA) is 124 Å². The zero-order valence-corrected chi connectivity index (χ0v) is 14.1. The second-order valence-corrected chi connectivity index (χ2v) is 6.38. The van der Waals surface area contributed by atoms with Gasteiger partial charge < -0.3 is 16.4 Å². The molecule has 1 amide bonds. The van der Waals surface area contributed by atoms with Gasteiger partial charge in [-0.25, -0.2) is 0 Å². The molecule has 0 aliphatic carbocycles. The molecule has 0 bridgehead atoms. The summed E-state index contributed by atoms with van der Waals surface area (Å²) in [6.45, 7) is 5.98. The fourth-order valence-electron chi connectivity index (χ4n) is 1.43. The number of hydrogen-bond donors (Lipinski definition) is 0. The van der Waals surface area contributed by atoms with Crippen LogP contribution in [0.4, 0.5) is 0 Å². The summed E-state index contributed by atoms with van der Waals surface area (Å²) in [7, 11) is 0. The third-order valence-corrected chi connectivity index (χ3v) is 5.31. The number of hydrogen-bond acceptors (Lipinski definition) is 2. The van der Waals surface area contributed by atoms with Crippen LogP contribution in [0.15, 0.2) is 30.3 Å². The summed E-state index contributed by atoms with van der Waals surface area (Å²) in [6.07, 6.45) is 0.498. The molecule has 1 aromatic rings. The minimum absolute atomic E-state index is 0. The van der Waals surface area contributed by atoms with E-state index in [2.05, 4.69) is 12.1 Å². The minimum Gasteiger partial charge on any atom is -0.412 e. The standard InChI is InChI=1S/C13H19GeNO2.3H2O/c1-3-15(13(16)10-11-17-4-2)14-12-8-6-5-7-9-12;;;/h5-9H,3-4,10-11H2,1-2H3;3*1H2. The Morgan fingerprint density at radius 1 is 1.15 bits per heavy atom. The summed E-state index contributed by atoms with van der Waals surface area (Å²) in [4.78, 5) is 11.9. The van der Waals surface area contributed by atoms with Gasteiger partial charge in [-0.05, 0) is 0 Å². The Morgan fingerprint density at radius 2 is 1.75 bits per heavy atom. The van der Waals surface area contributed by atoms with Gasteiger partial charge in [-0.1, -0.05) is 0 Å². The normalized spacial score (nSPS) is 8.70. The maximum atomic E-state index is 11.9. The van der Waals surface area contributed by atoms with Crippen molar-refractivity contribution in [1.29, 1.82) is 0 Å². The molecule has 0 aliphatic heterocycles. The maximum Gasteiger partial charge on any atom is -0.412 e. The fourth-order valence-corrected chi connectivity index (χ4v) is 3.62. The molecule has 0 spiro atoms. The summed E-state index contributed by atoms with van der Waals surface area (Å²) in [5.74, 6) is 0.213. The third-order valence-electron chi connectivity index (χ3n) is 2.32. The van der Waals surface area contributed by atoms with Crippen LogP contribution in [0.1, 0.15) is 20.3 Å². The molecule has 0 aromatic heterocycles. The number of carbonyl (C=O) groups excluding carboxylic acids is 1. The second-order valence-electron chi connectivity index (χ2n) is 3.56. The number of amides is 1. The third kappa shape index (κ3) is 9.05. The van der Waals surface area contributed by atoms with Gasteiger partial charge in [-0.2, -0.15) is 0 Å². The molecule has 0 unspecified atom stereocenters. The molecule has 6 nitrogen and oxygen atoms in total. The van der Waals surface area contributed by atoms with Crippen LogP contribution in [0.2, 0.25) is 0 Å². The van der Waals surface area contributed by atoms with Crippen molar-refractivity contribution in [3.63, 3.8) is 0 Å². The van der Waals surface area contributed by atoms with Crippen LogP contribution in [0.5, 0.6) is 0 Å². The molecule has 0 saturated carbocycles. The number of ether oxygens (including phenoxy) is 1. The van der Waals surface area contributed by atoms with Crippen molar-refractivity contribution in [1.82, 2.24) is 3.86 Å². The SMILES string of the molecule is CCOCCC(=O)[N](CC)[Ge][c]1ccccc1.O.O.O. The predicted octanol–water partition coefficient (Wildman–Crippen LogP) is -1.27. The molecule has 0 heterocycles. The van der Waals surface area contributed by atoms with Crippen LogP contribution in [-0.4, -0.2) is 61.6 Å². The van der Waals surface area contributed by atoms with Crippen molar-refractivity contribution < 1.29 is 26.0 Å². The summed E-state index contributed by atoms with van der Waals surface area (Å²) in [5, 5.41) is 0. The van der Waals surface area contributed by atoms with Crippen molar-refractivity contribution in [2.24, 2.45) is 0 Å².